The van der Waals surface area contributed by atoms with Gasteiger partial charge in [0, 0.05) is 0 Å². The van der Waals surface area contributed by atoms with Gasteiger partial charge in [0.15, 0.2) is 6.23 Å². The van der Waals surface area contributed by atoms with E-state index in [2.05, 4.69) is 14.9 Å². The minimum Gasteiger partial charge on any atom is -0.182 e. The molecule has 0 aromatic rings. The second kappa shape index (κ2) is 0.737. The molecule has 0 spiro atoms. The van der Waals surface area contributed by atoms with Crippen LogP contribution in [-0.4, -0.2) is 17.8 Å². The normalized spacial score (nSPS) is 52.0. The highest BCUT2D eigenvalue weighted by atomic mass is 17.6. The zero-order chi connectivity index (χ0) is 3.98. The SMILES string of the molecule is C1C2OOON12. The molecule has 2 aliphatic rings. The van der Waals surface area contributed by atoms with Crippen molar-refractivity contribution in [2.75, 3.05) is 6.54 Å². The molecule has 0 saturated carbocycles. The number of hydrogen-bond donors (Lipinski definition) is 0. The third-order valence-corrected chi connectivity index (χ3v) is 0.800. The number of nitrogens with zero attached hydrogens (tertiary/aromatic N) is 1. The van der Waals surface area contributed by atoms with E-state index in [0.29, 0.717) is 0 Å². The molecule has 0 radical (unpaired) electrons. The molecule has 2 rings (SSSR count). The van der Waals surface area contributed by atoms with Crippen molar-refractivity contribution in [2.45, 2.75) is 6.23 Å². The maximum atomic E-state index is 4.43. The molecule has 2 saturated heterocycles. The zero-order valence-electron chi connectivity index (χ0n) is 2.96. The Hall–Kier alpha value is -0.160. The topological polar surface area (TPSA) is 30.7 Å². The Balaban J connectivity index is 2.09. The zero-order valence-corrected chi connectivity index (χ0v) is 2.96. The lowest BCUT2D eigenvalue weighted by Gasteiger charge is -1.83. The predicted molar refractivity (Wildman–Crippen MR) is 13.7 cm³/mol. The summed E-state index contributed by atoms with van der Waals surface area (Å²) in [6.45, 7) is 0.847. The summed E-state index contributed by atoms with van der Waals surface area (Å²) in [6.07, 6.45) is 0.102. The highest BCUT2D eigenvalue weighted by Gasteiger charge is 2.45. The second-order valence-electron chi connectivity index (χ2n) is 1.29. The lowest BCUT2D eigenvalue weighted by Crippen LogP contribution is -1.89. The first-order valence-corrected chi connectivity index (χ1v) is 1.73. The first kappa shape index (κ1) is 2.92. The first-order valence-electron chi connectivity index (χ1n) is 1.73. The van der Waals surface area contributed by atoms with Crippen molar-refractivity contribution < 1.29 is 14.9 Å². The van der Waals surface area contributed by atoms with Crippen molar-refractivity contribution in [1.29, 1.82) is 0 Å². The van der Waals surface area contributed by atoms with Crippen LogP contribution in [0, 0.1) is 0 Å². The maximum Gasteiger partial charge on any atom is 0.189 e. The van der Waals surface area contributed by atoms with Gasteiger partial charge in [0.1, 0.15) is 0 Å². The fraction of sp³-hybridized carbons (Fsp3) is 1.00. The third kappa shape index (κ3) is 0.221. The van der Waals surface area contributed by atoms with Crippen molar-refractivity contribution in [3.8, 4) is 0 Å². The maximum absolute atomic E-state index is 4.43. The van der Waals surface area contributed by atoms with Gasteiger partial charge >= 0.3 is 0 Å². The van der Waals surface area contributed by atoms with E-state index in [9.17, 15) is 0 Å². The third-order valence-electron chi connectivity index (χ3n) is 0.800. The van der Waals surface area contributed by atoms with Crippen LogP contribution in [0.1, 0.15) is 0 Å². The monoisotopic (exact) mass is 89.0 g/mol. The van der Waals surface area contributed by atoms with Gasteiger partial charge in [-0.15, -0.1) is 10.1 Å². The van der Waals surface area contributed by atoms with Crippen LogP contribution in [0.2, 0.25) is 0 Å². The average molecular weight is 89.0 g/mol. The van der Waals surface area contributed by atoms with E-state index in [0.717, 1.165) is 6.54 Å². The first-order chi connectivity index (χ1) is 2.97. The molecular weight excluding hydrogens is 86.0 g/mol. The van der Waals surface area contributed by atoms with E-state index in [-0.39, 0.29) is 6.23 Å². The fourth-order valence-corrected chi connectivity index (χ4v) is 0.366. The molecule has 0 bridgehead atoms. The van der Waals surface area contributed by atoms with Crippen molar-refractivity contribution in [3.63, 3.8) is 0 Å². The molecule has 2 unspecified atom stereocenters. The lowest BCUT2D eigenvalue weighted by molar-refractivity contribution is -0.505. The summed E-state index contributed by atoms with van der Waals surface area (Å²) in [5.74, 6) is 0. The average Bonchev–Trinajstić information content (AvgIpc) is 2.17. The van der Waals surface area contributed by atoms with Crippen LogP contribution < -0.4 is 0 Å². The van der Waals surface area contributed by atoms with Crippen molar-refractivity contribution >= 4 is 0 Å². The molecule has 2 atom stereocenters. The van der Waals surface area contributed by atoms with E-state index in [1.165, 1.54) is 0 Å². The molecule has 0 aromatic carbocycles. The Bertz CT molecular complexity index is 67.2. The van der Waals surface area contributed by atoms with E-state index < -0.39 is 0 Å². The second-order valence-corrected chi connectivity index (χ2v) is 1.29. The van der Waals surface area contributed by atoms with Crippen LogP contribution in [0.25, 0.3) is 0 Å². The van der Waals surface area contributed by atoms with Crippen LogP contribution in [0.5, 0.6) is 0 Å². The molecule has 2 fully saturated rings. The van der Waals surface area contributed by atoms with Gasteiger partial charge in [-0.2, -0.15) is 4.89 Å². The smallest absolute Gasteiger partial charge is 0.182 e. The Morgan fingerprint density at radius 2 is 2.67 bits per heavy atom. The summed E-state index contributed by atoms with van der Waals surface area (Å²) < 4.78 is 0. The predicted octanol–water partition coefficient (Wildman–Crippen LogP) is -0.564. The van der Waals surface area contributed by atoms with Crippen LogP contribution in [-0.2, 0) is 14.9 Å². The van der Waals surface area contributed by atoms with Gasteiger partial charge < -0.3 is 0 Å². The van der Waals surface area contributed by atoms with Crippen LogP contribution >= 0.6 is 0 Å². The molecule has 2 aliphatic heterocycles. The summed E-state index contributed by atoms with van der Waals surface area (Å²) in [4.78, 5) is 8.77. The summed E-state index contributed by atoms with van der Waals surface area (Å²) in [7, 11) is 0. The van der Waals surface area contributed by atoms with Gasteiger partial charge in [-0.3, -0.25) is 0 Å². The van der Waals surface area contributed by atoms with E-state index >= 15 is 0 Å². The Labute approximate surface area is 34.0 Å². The van der Waals surface area contributed by atoms with Gasteiger partial charge in [-0.25, -0.2) is 0 Å². The van der Waals surface area contributed by atoms with Crippen molar-refractivity contribution in [1.82, 2.24) is 5.06 Å². The van der Waals surface area contributed by atoms with Crippen molar-refractivity contribution in [3.05, 3.63) is 0 Å². The Kier molecular flexibility index (Phi) is 0.359. The lowest BCUT2D eigenvalue weighted by atomic mass is 10.9. The summed E-state index contributed by atoms with van der Waals surface area (Å²) in [5, 5.41) is 5.62. The van der Waals surface area contributed by atoms with Crippen LogP contribution in [0.4, 0.5) is 0 Å². The quantitative estimate of drug-likeness (QED) is 0.294. The van der Waals surface area contributed by atoms with Gasteiger partial charge in [0.25, 0.3) is 0 Å². The molecule has 0 aliphatic carbocycles. The molecule has 4 nitrogen and oxygen atoms in total. The highest BCUT2D eigenvalue weighted by molar-refractivity contribution is 4.70. The van der Waals surface area contributed by atoms with Crippen molar-refractivity contribution in [2.24, 2.45) is 0 Å². The summed E-state index contributed by atoms with van der Waals surface area (Å²) >= 11 is 0. The minimum absolute atomic E-state index is 0.102. The summed E-state index contributed by atoms with van der Waals surface area (Å²) in [6, 6.07) is 0. The number of rotatable bonds is 0. The number of hydrogen-bond acceptors (Lipinski definition) is 4. The van der Waals surface area contributed by atoms with Crippen LogP contribution in [0.3, 0.4) is 0 Å². The Morgan fingerprint density at radius 3 is 2.83 bits per heavy atom. The molecule has 34 valence electrons. The van der Waals surface area contributed by atoms with Gasteiger partial charge in [0.2, 0.25) is 0 Å². The number of hydroxylamine groups is 2. The van der Waals surface area contributed by atoms with E-state index in [1.807, 2.05) is 0 Å². The van der Waals surface area contributed by atoms with Gasteiger partial charge in [-0.05, 0) is 5.04 Å². The van der Waals surface area contributed by atoms with E-state index in [1.54, 1.807) is 5.06 Å². The molecule has 4 heteroatoms. The molecule has 6 heavy (non-hydrogen) atoms. The molecule has 0 aromatic heterocycles. The molecule has 0 N–H and O–H groups in total. The fourth-order valence-electron chi connectivity index (χ4n) is 0.366. The molecular formula is C2H3NO3. The Morgan fingerprint density at radius 1 is 1.67 bits per heavy atom. The standard InChI is InChI=1S/C2H3NO3/c1-2-3(1)5-6-4-2/h2H,1H2. The van der Waals surface area contributed by atoms with Crippen LogP contribution in [0.15, 0.2) is 0 Å². The molecule has 2 heterocycles. The van der Waals surface area contributed by atoms with Gasteiger partial charge in [0.05, 0.1) is 6.54 Å². The largest absolute Gasteiger partial charge is 0.189 e. The summed E-state index contributed by atoms with van der Waals surface area (Å²) in [5.41, 5.74) is 0. The number of fused-ring (bicyclic) bond motifs is 1. The van der Waals surface area contributed by atoms with E-state index in [4.69, 9.17) is 0 Å². The van der Waals surface area contributed by atoms with Gasteiger partial charge in [-0.1, -0.05) is 0 Å². The molecule has 0 amide bonds. The highest BCUT2D eigenvalue weighted by Crippen LogP contribution is 2.25. The minimum atomic E-state index is 0.102.